The number of hydrogen-bond donors (Lipinski definition) is 0. The SMILES string of the molecule is CC(OC(=O)c1ccc(-n2cccn2)cc1)c1cnc2ccccc2c1. The highest BCUT2D eigenvalue weighted by Gasteiger charge is 2.14. The molecule has 1 unspecified atom stereocenters. The molecule has 0 saturated carbocycles. The number of esters is 1. The smallest absolute Gasteiger partial charge is 0.338 e. The van der Waals surface area contributed by atoms with E-state index < -0.39 is 0 Å². The van der Waals surface area contributed by atoms with E-state index in [2.05, 4.69) is 10.1 Å². The number of ether oxygens (including phenoxy) is 1. The highest BCUT2D eigenvalue weighted by Crippen LogP contribution is 2.22. The second-order valence-electron chi connectivity index (χ2n) is 6.01. The molecule has 0 radical (unpaired) electrons. The van der Waals surface area contributed by atoms with Gasteiger partial charge < -0.3 is 4.74 Å². The molecule has 4 rings (SSSR count). The summed E-state index contributed by atoms with van der Waals surface area (Å²) in [6.45, 7) is 1.85. The van der Waals surface area contributed by atoms with Crippen molar-refractivity contribution in [2.24, 2.45) is 0 Å². The monoisotopic (exact) mass is 343 g/mol. The first-order chi connectivity index (χ1) is 12.7. The number of rotatable bonds is 4. The second-order valence-corrected chi connectivity index (χ2v) is 6.01. The maximum Gasteiger partial charge on any atom is 0.338 e. The fourth-order valence-electron chi connectivity index (χ4n) is 2.78. The lowest BCUT2D eigenvalue weighted by Crippen LogP contribution is -2.09. The van der Waals surface area contributed by atoms with Crippen molar-refractivity contribution in [2.45, 2.75) is 13.0 Å². The summed E-state index contributed by atoms with van der Waals surface area (Å²) in [6.07, 6.45) is 4.93. The third kappa shape index (κ3) is 3.19. The number of benzene rings is 2. The first-order valence-electron chi connectivity index (χ1n) is 8.36. The van der Waals surface area contributed by atoms with Gasteiger partial charge in [-0.15, -0.1) is 0 Å². The number of para-hydroxylation sites is 1. The van der Waals surface area contributed by atoms with Gasteiger partial charge in [0.2, 0.25) is 0 Å². The van der Waals surface area contributed by atoms with Crippen molar-refractivity contribution in [1.82, 2.24) is 14.8 Å². The van der Waals surface area contributed by atoms with Crippen LogP contribution < -0.4 is 0 Å². The molecule has 5 nitrogen and oxygen atoms in total. The van der Waals surface area contributed by atoms with Crippen molar-refractivity contribution < 1.29 is 9.53 Å². The van der Waals surface area contributed by atoms with E-state index in [0.29, 0.717) is 5.56 Å². The van der Waals surface area contributed by atoms with Crippen LogP contribution in [0.1, 0.15) is 28.9 Å². The van der Waals surface area contributed by atoms with Crippen LogP contribution in [0.15, 0.2) is 79.3 Å². The van der Waals surface area contributed by atoms with E-state index in [1.807, 2.05) is 61.7 Å². The quantitative estimate of drug-likeness (QED) is 0.517. The summed E-state index contributed by atoms with van der Waals surface area (Å²) >= 11 is 0. The van der Waals surface area contributed by atoms with E-state index >= 15 is 0 Å². The minimum absolute atomic E-state index is 0.363. The molecule has 0 aliphatic carbocycles. The maximum atomic E-state index is 12.4. The van der Waals surface area contributed by atoms with E-state index in [1.54, 1.807) is 29.2 Å². The third-order valence-corrected chi connectivity index (χ3v) is 4.24. The number of carbonyl (C=O) groups excluding carboxylic acids is 1. The van der Waals surface area contributed by atoms with Crippen LogP contribution in [-0.2, 0) is 4.74 Å². The normalized spacial score (nSPS) is 12.0. The summed E-state index contributed by atoms with van der Waals surface area (Å²) in [5.41, 5.74) is 3.18. The summed E-state index contributed by atoms with van der Waals surface area (Å²) in [4.78, 5) is 16.8. The van der Waals surface area contributed by atoms with Gasteiger partial charge in [0.1, 0.15) is 6.10 Å². The molecule has 0 bridgehead atoms. The Labute approximate surface area is 150 Å². The molecule has 5 heteroatoms. The summed E-state index contributed by atoms with van der Waals surface area (Å²) in [5.74, 6) is -0.363. The number of carbonyl (C=O) groups is 1. The standard InChI is InChI=1S/C21H17N3O2/c1-15(18-13-17-5-2-3-6-20(17)22-14-18)26-21(25)16-7-9-19(10-8-16)24-12-4-11-23-24/h2-15H,1H3. The van der Waals surface area contributed by atoms with Crippen LogP contribution >= 0.6 is 0 Å². The van der Waals surface area contributed by atoms with Gasteiger partial charge in [0.15, 0.2) is 0 Å². The molecule has 0 saturated heterocycles. The zero-order chi connectivity index (χ0) is 17.9. The van der Waals surface area contributed by atoms with E-state index in [4.69, 9.17) is 4.74 Å². The van der Waals surface area contributed by atoms with Gasteiger partial charge in [-0.1, -0.05) is 18.2 Å². The van der Waals surface area contributed by atoms with Gasteiger partial charge in [0, 0.05) is 29.5 Å². The Balaban J connectivity index is 1.49. The fourth-order valence-corrected chi connectivity index (χ4v) is 2.78. The van der Waals surface area contributed by atoms with Gasteiger partial charge in [-0.05, 0) is 49.4 Å². The van der Waals surface area contributed by atoms with E-state index in [9.17, 15) is 4.79 Å². The van der Waals surface area contributed by atoms with Gasteiger partial charge >= 0.3 is 5.97 Å². The van der Waals surface area contributed by atoms with Crippen molar-refractivity contribution in [3.05, 3.63) is 90.4 Å². The molecule has 2 aromatic carbocycles. The Morgan fingerprint density at radius 1 is 1.08 bits per heavy atom. The van der Waals surface area contributed by atoms with Crippen LogP contribution in [0.25, 0.3) is 16.6 Å². The molecule has 2 aromatic heterocycles. The predicted molar refractivity (Wildman–Crippen MR) is 99.1 cm³/mol. The summed E-state index contributed by atoms with van der Waals surface area (Å²) in [5, 5.41) is 5.19. The van der Waals surface area contributed by atoms with Crippen molar-refractivity contribution in [1.29, 1.82) is 0 Å². The molecule has 26 heavy (non-hydrogen) atoms. The summed E-state index contributed by atoms with van der Waals surface area (Å²) < 4.78 is 7.34. The van der Waals surface area contributed by atoms with Crippen LogP contribution in [0.5, 0.6) is 0 Å². The lowest BCUT2D eigenvalue weighted by atomic mass is 10.1. The highest BCUT2D eigenvalue weighted by atomic mass is 16.5. The lowest BCUT2D eigenvalue weighted by Gasteiger charge is -2.14. The van der Waals surface area contributed by atoms with Crippen LogP contribution in [0.3, 0.4) is 0 Å². The summed E-state index contributed by atoms with van der Waals surface area (Å²) in [6, 6.07) is 18.9. The molecule has 2 heterocycles. The number of hydrogen-bond acceptors (Lipinski definition) is 4. The first-order valence-corrected chi connectivity index (χ1v) is 8.36. The van der Waals surface area contributed by atoms with E-state index in [0.717, 1.165) is 22.2 Å². The lowest BCUT2D eigenvalue weighted by molar-refractivity contribution is 0.0337. The van der Waals surface area contributed by atoms with Crippen molar-refractivity contribution >= 4 is 16.9 Å². The molecule has 0 aliphatic rings. The van der Waals surface area contributed by atoms with Crippen molar-refractivity contribution in [2.75, 3.05) is 0 Å². The largest absolute Gasteiger partial charge is 0.454 e. The minimum Gasteiger partial charge on any atom is -0.454 e. The third-order valence-electron chi connectivity index (χ3n) is 4.24. The molecule has 0 N–H and O–H groups in total. The molecular weight excluding hydrogens is 326 g/mol. The number of nitrogens with zero attached hydrogens (tertiary/aromatic N) is 3. The van der Waals surface area contributed by atoms with Gasteiger partial charge in [-0.25, -0.2) is 9.48 Å². The molecule has 0 spiro atoms. The van der Waals surface area contributed by atoms with Gasteiger partial charge in [-0.2, -0.15) is 5.10 Å². The van der Waals surface area contributed by atoms with Crippen LogP contribution in [0.2, 0.25) is 0 Å². The minimum atomic E-state index is -0.384. The van der Waals surface area contributed by atoms with Gasteiger partial charge in [-0.3, -0.25) is 4.98 Å². The number of pyridine rings is 1. The Bertz CT molecular complexity index is 1040. The van der Waals surface area contributed by atoms with Gasteiger partial charge in [0.05, 0.1) is 16.8 Å². The molecule has 0 amide bonds. The molecule has 0 fully saturated rings. The van der Waals surface area contributed by atoms with Crippen LogP contribution in [0.4, 0.5) is 0 Å². The van der Waals surface area contributed by atoms with Crippen molar-refractivity contribution in [3.8, 4) is 5.69 Å². The fraction of sp³-hybridized carbons (Fsp3) is 0.0952. The summed E-state index contributed by atoms with van der Waals surface area (Å²) in [7, 11) is 0. The van der Waals surface area contributed by atoms with Gasteiger partial charge in [0.25, 0.3) is 0 Å². The van der Waals surface area contributed by atoms with E-state index in [1.165, 1.54) is 0 Å². The van der Waals surface area contributed by atoms with E-state index in [-0.39, 0.29) is 12.1 Å². The Morgan fingerprint density at radius 2 is 1.88 bits per heavy atom. The highest BCUT2D eigenvalue weighted by molar-refractivity contribution is 5.89. The molecule has 4 aromatic rings. The number of fused-ring (bicyclic) bond motifs is 1. The van der Waals surface area contributed by atoms with Crippen molar-refractivity contribution in [3.63, 3.8) is 0 Å². The maximum absolute atomic E-state index is 12.4. The average molecular weight is 343 g/mol. The molecule has 128 valence electrons. The van der Waals surface area contributed by atoms with Crippen LogP contribution in [0, 0.1) is 0 Å². The van der Waals surface area contributed by atoms with Crippen LogP contribution in [-0.4, -0.2) is 20.7 Å². The average Bonchev–Trinajstić information content (AvgIpc) is 3.22. The second kappa shape index (κ2) is 6.80. The topological polar surface area (TPSA) is 57.0 Å². The Morgan fingerprint density at radius 3 is 2.65 bits per heavy atom. The predicted octanol–water partition coefficient (Wildman–Crippen LogP) is 4.34. The zero-order valence-corrected chi connectivity index (χ0v) is 14.2. The Hall–Kier alpha value is -3.47. The first kappa shape index (κ1) is 16.0. The Kier molecular flexibility index (Phi) is 4.19. The molecule has 0 aliphatic heterocycles. The molecular formula is C21H17N3O2. The zero-order valence-electron chi connectivity index (χ0n) is 14.2. The number of aromatic nitrogens is 3. The molecule has 1 atom stereocenters.